The lowest BCUT2D eigenvalue weighted by atomic mass is 10.2. The Kier molecular flexibility index (Phi) is 6.03. The maximum Gasteiger partial charge on any atom is 0.269 e. The third-order valence-electron chi connectivity index (χ3n) is 4.36. The van der Waals surface area contributed by atoms with Gasteiger partial charge in [-0.15, -0.1) is 0 Å². The molecular formula is C21H16BrN3O3S2. The van der Waals surface area contributed by atoms with E-state index in [0.29, 0.717) is 27.2 Å². The van der Waals surface area contributed by atoms with Gasteiger partial charge in [-0.25, -0.2) is 0 Å². The van der Waals surface area contributed by atoms with Gasteiger partial charge in [-0.05, 0) is 48.9 Å². The number of aromatic nitrogens is 2. The van der Waals surface area contributed by atoms with Crippen LogP contribution < -0.4 is 10.3 Å². The molecule has 0 spiro atoms. The van der Waals surface area contributed by atoms with Crippen LogP contribution in [0.25, 0.3) is 11.7 Å². The second-order valence-electron chi connectivity index (χ2n) is 6.45. The number of benzene rings is 1. The number of halogens is 1. The van der Waals surface area contributed by atoms with Gasteiger partial charge in [0.2, 0.25) is 5.88 Å². The van der Waals surface area contributed by atoms with E-state index in [9.17, 15) is 9.59 Å². The third kappa shape index (κ3) is 4.05. The molecule has 30 heavy (non-hydrogen) atoms. The minimum Gasteiger partial charge on any atom is -0.438 e. The summed E-state index contributed by atoms with van der Waals surface area (Å²) in [5.74, 6) is 0.451. The summed E-state index contributed by atoms with van der Waals surface area (Å²) in [4.78, 5) is 32.4. The van der Waals surface area contributed by atoms with Gasteiger partial charge in [0.1, 0.15) is 21.3 Å². The SMILES string of the molecule is CCCN1C(=O)/C(=C\c2c(Oc3ccc(Br)cc3)nc3ccccn3c2=O)SC1=S. The number of nitrogens with zero attached hydrogens (tertiary/aromatic N) is 3. The average Bonchev–Trinajstić information content (AvgIpc) is 3.00. The van der Waals surface area contributed by atoms with E-state index in [4.69, 9.17) is 17.0 Å². The molecule has 152 valence electrons. The van der Waals surface area contributed by atoms with Gasteiger partial charge in [0.05, 0.1) is 4.91 Å². The van der Waals surface area contributed by atoms with Crippen LogP contribution in [0, 0.1) is 0 Å². The molecule has 4 rings (SSSR count). The first-order valence-corrected chi connectivity index (χ1v) is 11.2. The Labute approximate surface area is 190 Å². The number of amides is 1. The first-order valence-electron chi connectivity index (χ1n) is 9.18. The minimum absolute atomic E-state index is 0.134. The van der Waals surface area contributed by atoms with Crippen LogP contribution in [0.15, 0.2) is 62.8 Å². The Morgan fingerprint density at radius 2 is 1.97 bits per heavy atom. The normalized spacial score (nSPS) is 15.4. The molecule has 0 saturated carbocycles. The van der Waals surface area contributed by atoms with Crippen LogP contribution in [0.5, 0.6) is 11.6 Å². The average molecular weight is 502 g/mol. The number of hydrogen-bond acceptors (Lipinski definition) is 6. The number of carbonyl (C=O) groups excluding carboxylic acids is 1. The molecule has 1 aliphatic rings. The lowest BCUT2D eigenvalue weighted by Crippen LogP contribution is -2.28. The van der Waals surface area contributed by atoms with Gasteiger partial charge >= 0.3 is 0 Å². The van der Waals surface area contributed by atoms with E-state index < -0.39 is 0 Å². The van der Waals surface area contributed by atoms with Gasteiger partial charge in [-0.1, -0.05) is 52.9 Å². The molecule has 3 heterocycles. The largest absolute Gasteiger partial charge is 0.438 e. The molecule has 1 amide bonds. The molecule has 0 N–H and O–H groups in total. The molecule has 9 heteroatoms. The highest BCUT2D eigenvalue weighted by Gasteiger charge is 2.32. The maximum atomic E-state index is 13.2. The smallest absolute Gasteiger partial charge is 0.269 e. The molecule has 0 aliphatic carbocycles. The molecule has 0 atom stereocenters. The Balaban J connectivity index is 1.84. The summed E-state index contributed by atoms with van der Waals surface area (Å²) in [6.07, 6.45) is 3.95. The van der Waals surface area contributed by atoms with Gasteiger partial charge in [0.15, 0.2) is 0 Å². The fourth-order valence-electron chi connectivity index (χ4n) is 2.95. The monoisotopic (exact) mass is 501 g/mol. The number of hydrogen-bond donors (Lipinski definition) is 0. The van der Waals surface area contributed by atoms with Crippen molar-refractivity contribution in [3.05, 3.63) is 74.0 Å². The van der Waals surface area contributed by atoms with Gasteiger partial charge in [0, 0.05) is 17.2 Å². The Morgan fingerprint density at radius 3 is 2.70 bits per heavy atom. The molecule has 1 saturated heterocycles. The van der Waals surface area contributed by atoms with E-state index in [1.807, 2.05) is 19.1 Å². The minimum atomic E-state index is -0.325. The zero-order chi connectivity index (χ0) is 21.3. The summed E-state index contributed by atoms with van der Waals surface area (Å²) in [6.45, 7) is 2.52. The van der Waals surface area contributed by atoms with E-state index in [2.05, 4.69) is 20.9 Å². The molecule has 1 aliphatic heterocycles. The van der Waals surface area contributed by atoms with E-state index in [1.54, 1.807) is 41.4 Å². The number of ether oxygens (including phenoxy) is 1. The highest BCUT2D eigenvalue weighted by molar-refractivity contribution is 9.10. The van der Waals surface area contributed by atoms with E-state index in [-0.39, 0.29) is 22.9 Å². The number of fused-ring (bicyclic) bond motifs is 1. The standard InChI is InChI=1S/C21H16BrN3O3S2/c1-2-10-25-20(27)16(30-21(25)29)12-15-18(28-14-8-6-13(22)7-9-14)23-17-5-3-4-11-24(17)19(15)26/h3-9,11-12H,2,10H2,1H3/b16-12+. The van der Waals surface area contributed by atoms with Crippen LogP contribution in [0.2, 0.25) is 0 Å². The van der Waals surface area contributed by atoms with Crippen LogP contribution in [0.3, 0.4) is 0 Å². The highest BCUT2D eigenvalue weighted by Crippen LogP contribution is 2.34. The number of carbonyl (C=O) groups is 1. The van der Waals surface area contributed by atoms with Crippen molar-refractivity contribution in [3.63, 3.8) is 0 Å². The molecule has 0 unspecified atom stereocenters. The van der Waals surface area contributed by atoms with E-state index >= 15 is 0 Å². The predicted octanol–water partition coefficient (Wildman–Crippen LogP) is 4.86. The summed E-state index contributed by atoms with van der Waals surface area (Å²) in [5, 5.41) is 0. The van der Waals surface area contributed by atoms with Crippen LogP contribution in [-0.2, 0) is 4.79 Å². The molecular weight excluding hydrogens is 486 g/mol. The lowest BCUT2D eigenvalue weighted by Gasteiger charge is -2.12. The van der Waals surface area contributed by atoms with Crippen molar-refractivity contribution >= 4 is 61.9 Å². The lowest BCUT2D eigenvalue weighted by molar-refractivity contribution is -0.122. The number of thiocarbonyl (C=S) groups is 1. The van der Waals surface area contributed by atoms with Crippen molar-refractivity contribution in [2.24, 2.45) is 0 Å². The number of thioether (sulfide) groups is 1. The van der Waals surface area contributed by atoms with Crippen LogP contribution >= 0.6 is 39.9 Å². The van der Waals surface area contributed by atoms with Crippen molar-refractivity contribution in [2.45, 2.75) is 13.3 Å². The summed E-state index contributed by atoms with van der Waals surface area (Å²) in [6, 6.07) is 12.5. The quantitative estimate of drug-likeness (QED) is 0.367. The van der Waals surface area contributed by atoms with Crippen LogP contribution in [0.4, 0.5) is 0 Å². The fraction of sp³-hybridized carbons (Fsp3) is 0.143. The highest BCUT2D eigenvalue weighted by atomic mass is 79.9. The summed E-state index contributed by atoms with van der Waals surface area (Å²) in [5.41, 5.74) is 0.317. The van der Waals surface area contributed by atoms with Crippen molar-refractivity contribution < 1.29 is 9.53 Å². The van der Waals surface area contributed by atoms with Crippen molar-refractivity contribution in [3.8, 4) is 11.6 Å². The Hall–Kier alpha value is -2.49. The second kappa shape index (κ2) is 8.71. The van der Waals surface area contributed by atoms with Gasteiger partial charge in [-0.2, -0.15) is 4.98 Å². The first kappa shape index (κ1) is 20.8. The fourth-order valence-corrected chi connectivity index (χ4v) is 4.50. The topological polar surface area (TPSA) is 63.9 Å². The second-order valence-corrected chi connectivity index (χ2v) is 9.05. The van der Waals surface area contributed by atoms with Crippen molar-refractivity contribution in [1.82, 2.24) is 14.3 Å². The Bertz CT molecular complexity index is 1240. The maximum absolute atomic E-state index is 13.2. The molecule has 0 radical (unpaired) electrons. The number of pyridine rings is 1. The molecule has 6 nitrogen and oxygen atoms in total. The number of rotatable bonds is 5. The van der Waals surface area contributed by atoms with E-state index in [0.717, 1.165) is 10.9 Å². The zero-order valence-electron chi connectivity index (χ0n) is 15.9. The summed E-state index contributed by atoms with van der Waals surface area (Å²) < 4.78 is 8.75. The first-order chi connectivity index (χ1) is 14.5. The predicted molar refractivity (Wildman–Crippen MR) is 126 cm³/mol. The van der Waals surface area contributed by atoms with Crippen LogP contribution in [0.1, 0.15) is 18.9 Å². The van der Waals surface area contributed by atoms with Crippen molar-refractivity contribution in [1.29, 1.82) is 0 Å². The molecule has 1 fully saturated rings. The Morgan fingerprint density at radius 1 is 1.20 bits per heavy atom. The van der Waals surface area contributed by atoms with Crippen molar-refractivity contribution in [2.75, 3.05) is 6.54 Å². The zero-order valence-corrected chi connectivity index (χ0v) is 19.1. The van der Waals surface area contributed by atoms with Gasteiger partial charge in [-0.3, -0.25) is 18.9 Å². The van der Waals surface area contributed by atoms with Gasteiger partial charge in [0.25, 0.3) is 11.5 Å². The summed E-state index contributed by atoms with van der Waals surface area (Å²) >= 11 is 9.89. The van der Waals surface area contributed by atoms with Gasteiger partial charge < -0.3 is 4.74 Å². The van der Waals surface area contributed by atoms with Crippen LogP contribution in [-0.4, -0.2) is 31.1 Å². The molecule has 1 aromatic carbocycles. The molecule has 2 aromatic heterocycles. The molecule has 0 bridgehead atoms. The summed E-state index contributed by atoms with van der Waals surface area (Å²) in [7, 11) is 0. The van der Waals surface area contributed by atoms with E-state index in [1.165, 1.54) is 22.2 Å². The third-order valence-corrected chi connectivity index (χ3v) is 6.26. The molecule has 3 aromatic rings.